The highest BCUT2D eigenvalue weighted by Crippen LogP contribution is 2.30. The maximum Gasteiger partial charge on any atom is 0.338 e. The number of benzene rings is 3. The Balaban J connectivity index is 1.61. The summed E-state index contributed by atoms with van der Waals surface area (Å²) in [6, 6.07) is 20.3. The van der Waals surface area contributed by atoms with E-state index in [1.807, 2.05) is 48.5 Å². The number of esters is 1. The average molecular weight is 593 g/mol. The quantitative estimate of drug-likeness (QED) is 0.299. The molecule has 1 aliphatic heterocycles. The van der Waals surface area contributed by atoms with E-state index in [2.05, 4.69) is 20.9 Å². The lowest BCUT2D eigenvalue weighted by Gasteiger charge is -2.24. The Kier molecular flexibility index (Phi) is 7.40. The molecule has 1 aliphatic rings. The van der Waals surface area contributed by atoms with E-state index in [1.54, 1.807) is 29.7 Å². The lowest BCUT2D eigenvalue weighted by atomic mass is 9.96. The number of aromatic nitrogens is 1. The number of methoxy groups -OCH3 is 1. The molecule has 1 unspecified atom stereocenters. The zero-order valence-electron chi connectivity index (χ0n) is 20.5. The number of thiazole rings is 1. The van der Waals surface area contributed by atoms with Gasteiger partial charge in [-0.2, -0.15) is 0 Å². The molecule has 0 amide bonds. The van der Waals surface area contributed by atoms with Crippen molar-refractivity contribution >= 4 is 39.3 Å². The molecular weight excluding hydrogens is 571 g/mol. The van der Waals surface area contributed by atoms with E-state index in [0.29, 0.717) is 31.9 Å². The van der Waals surface area contributed by atoms with Crippen molar-refractivity contribution in [3.8, 4) is 5.75 Å². The average Bonchev–Trinajstić information content (AvgIpc) is 3.22. The number of fused-ring (bicyclic) bond motifs is 1. The van der Waals surface area contributed by atoms with Crippen molar-refractivity contribution in [2.24, 2.45) is 4.99 Å². The minimum absolute atomic E-state index is 0.236. The van der Waals surface area contributed by atoms with Crippen LogP contribution in [0.2, 0.25) is 0 Å². The summed E-state index contributed by atoms with van der Waals surface area (Å²) in [6.07, 6.45) is 1.76. The number of carbonyl (C=O) groups is 1. The third-order valence-electron chi connectivity index (χ3n) is 6.11. The molecule has 1 aromatic heterocycles. The van der Waals surface area contributed by atoms with Crippen LogP contribution < -0.4 is 19.6 Å². The summed E-state index contributed by atoms with van der Waals surface area (Å²) >= 11 is 4.74. The predicted octanol–water partition coefficient (Wildman–Crippen LogP) is 4.89. The van der Waals surface area contributed by atoms with Gasteiger partial charge in [0.05, 0.1) is 29.0 Å². The zero-order chi connectivity index (χ0) is 26.8. The van der Waals surface area contributed by atoms with E-state index in [0.717, 1.165) is 15.6 Å². The molecule has 192 valence electrons. The Labute approximate surface area is 230 Å². The fourth-order valence-corrected chi connectivity index (χ4v) is 5.71. The zero-order valence-corrected chi connectivity index (χ0v) is 22.9. The van der Waals surface area contributed by atoms with Crippen molar-refractivity contribution in [2.45, 2.75) is 19.6 Å². The number of rotatable bonds is 6. The van der Waals surface area contributed by atoms with Crippen molar-refractivity contribution in [1.82, 2.24) is 4.57 Å². The second kappa shape index (κ2) is 10.9. The minimum atomic E-state index is -0.668. The van der Waals surface area contributed by atoms with Crippen LogP contribution in [0.1, 0.15) is 29.7 Å². The number of allylic oxidation sites excluding steroid dienone is 1. The van der Waals surface area contributed by atoms with Gasteiger partial charge in [0.1, 0.15) is 18.2 Å². The Morgan fingerprint density at radius 3 is 2.58 bits per heavy atom. The van der Waals surface area contributed by atoms with Crippen LogP contribution in [-0.4, -0.2) is 17.6 Å². The fourth-order valence-electron chi connectivity index (χ4n) is 4.29. The number of hydrogen-bond donors (Lipinski definition) is 0. The van der Waals surface area contributed by atoms with Crippen molar-refractivity contribution < 1.29 is 18.7 Å². The Morgan fingerprint density at radius 2 is 1.87 bits per heavy atom. The van der Waals surface area contributed by atoms with Crippen LogP contribution in [-0.2, 0) is 16.1 Å². The highest BCUT2D eigenvalue weighted by atomic mass is 79.9. The van der Waals surface area contributed by atoms with E-state index in [1.165, 1.54) is 30.6 Å². The van der Waals surface area contributed by atoms with Gasteiger partial charge in [0.15, 0.2) is 4.80 Å². The van der Waals surface area contributed by atoms with Gasteiger partial charge in [-0.3, -0.25) is 9.36 Å². The standard InChI is InChI=1S/C29H22BrFN2O4S/c1-17-25(28(35)36-2)26(19-6-4-3-5-7-19)33-27(34)24(38-29(33)32-17)15-20-14-21(30)10-13-23(20)37-16-18-8-11-22(31)12-9-18/h3-15,26H,16H2,1-2H3. The highest BCUT2D eigenvalue weighted by Gasteiger charge is 2.32. The minimum Gasteiger partial charge on any atom is -0.488 e. The van der Waals surface area contributed by atoms with E-state index >= 15 is 0 Å². The molecule has 0 saturated carbocycles. The van der Waals surface area contributed by atoms with Crippen LogP contribution in [0.4, 0.5) is 4.39 Å². The van der Waals surface area contributed by atoms with E-state index in [-0.39, 0.29) is 18.0 Å². The molecule has 0 saturated heterocycles. The maximum absolute atomic E-state index is 13.8. The smallest absolute Gasteiger partial charge is 0.338 e. The third-order valence-corrected chi connectivity index (χ3v) is 7.58. The first kappa shape index (κ1) is 25.8. The molecule has 0 fully saturated rings. The monoisotopic (exact) mass is 592 g/mol. The molecule has 1 atom stereocenters. The largest absolute Gasteiger partial charge is 0.488 e. The summed E-state index contributed by atoms with van der Waals surface area (Å²) in [5.41, 5.74) is 2.83. The lowest BCUT2D eigenvalue weighted by molar-refractivity contribution is -0.136. The summed E-state index contributed by atoms with van der Waals surface area (Å²) in [5.74, 6) is -0.278. The van der Waals surface area contributed by atoms with Crippen LogP contribution in [0.25, 0.3) is 6.08 Å². The van der Waals surface area contributed by atoms with E-state index < -0.39 is 12.0 Å². The number of nitrogens with zero attached hydrogens (tertiary/aromatic N) is 2. The summed E-state index contributed by atoms with van der Waals surface area (Å²) < 4.78 is 27.1. The van der Waals surface area contributed by atoms with Crippen molar-refractivity contribution in [2.75, 3.05) is 7.11 Å². The van der Waals surface area contributed by atoms with Gasteiger partial charge in [-0.25, -0.2) is 14.2 Å². The van der Waals surface area contributed by atoms with Gasteiger partial charge in [-0.15, -0.1) is 0 Å². The molecule has 6 nitrogen and oxygen atoms in total. The van der Waals surface area contributed by atoms with Crippen molar-refractivity contribution in [3.63, 3.8) is 0 Å². The van der Waals surface area contributed by atoms with Crippen LogP contribution in [0.15, 0.2) is 98.3 Å². The molecule has 0 N–H and O–H groups in total. The predicted molar refractivity (Wildman–Crippen MR) is 147 cm³/mol. The SMILES string of the molecule is COC(=O)C1=C(C)N=c2sc(=Cc3cc(Br)ccc3OCc3ccc(F)cc3)c(=O)n2C1c1ccccc1. The molecule has 0 bridgehead atoms. The number of ether oxygens (including phenoxy) is 2. The Bertz CT molecular complexity index is 1730. The van der Waals surface area contributed by atoms with Gasteiger partial charge < -0.3 is 9.47 Å². The van der Waals surface area contributed by atoms with Crippen molar-refractivity contribution in [3.05, 3.63) is 131 Å². The van der Waals surface area contributed by atoms with Crippen LogP contribution in [0.5, 0.6) is 5.75 Å². The first-order valence-electron chi connectivity index (χ1n) is 11.7. The molecule has 0 spiro atoms. The van der Waals surface area contributed by atoms with Crippen molar-refractivity contribution in [1.29, 1.82) is 0 Å². The van der Waals surface area contributed by atoms with Crippen LogP contribution in [0, 0.1) is 5.82 Å². The fraction of sp³-hybridized carbons (Fsp3) is 0.138. The molecule has 38 heavy (non-hydrogen) atoms. The third kappa shape index (κ3) is 5.12. The first-order valence-corrected chi connectivity index (χ1v) is 13.3. The number of hydrogen-bond acceptors (Lipinski definition) is 6. The molecule has 9 heteroatoms. The summed E-state index contributed by atoms with van der Waals surface area (Å²) in [7, 11) is 1.32. The second-order valence-electron chi connectivity index (χ2n) is 8.58. The molecule has 0 radical (unpaired) electrons. The normalized spacial score (nSPS) is 15.2. The molecule has 0 aliphatic carbocycles. The van der Waals surface area contributed by atoms with E-state index in [4.69, 9.17) is 9.47 Å². The van der Waals surface area contributed by atoms with Crippen LogP contribution in [0.3, 0.4) is 0 Å². The van der Waals surface area contributed by atoms with Gasteiger partial charge >= 0.3 is 5.97 Å². The van der Waals surface area contributed by atoms with Gasteiger partial charge in [0.25, 0.3) is 5.56 Å². The van der Waals surface area contributed by atoms with Crippen LogP contribution >= 0.6 is 27.3 Å². The van der Waals surface area contributed by atoms with Gasteiger partial charge in [0.2, 0.25) is 0 Å². The Morgan fingerprint density at radius 1 is 1.13 bits per heavy atom. The summed E-state index contributed by atoms with van der Waals surface area (Å²) in [4.78, 5) is 31.6. The maximum atomic E-state index is 13.8. The number of halogens is 2. The highest BCUT2D eigenvalue weighted by molar-refractivity contribution is 9.10. The van der Waals surface area contributed by atoms with Gasteiger partial charge in [-0.05, 0) is 54.5 Å². The summed E-state index contributed by atoms with van der Waals surface area (Å²) in [5, 5.41) is 0. The van der Waals surface area contributed by atoms with E-state index in [9.17, 15) is 14.0 Å². The van der Waals surface area contributed by atoms with Gasteiger partial charge in [0, 0.05) is 10.0 Å². The van der Waals surface area contributed by atoms with Gasteiger partial charge in [-0.1, -0.05) is 69.7 Å². The molecule has 5 rings (SSSR count). The molecule has 3 aromatic carbocycles. The number of carbonyl (C=O) groups excluding carboxylic acids is 1. The second-order valence-corrected chi connectivity index (χ2v) is 10.5. The molecule has 2 heterocycles. The Hall–Kier alpha value is -3.82. The first-order chi connectivity index (χ1) is 18.4. The summed E-state index contributed by atoms with van der Waals surface area (Å²) in [6.45, 7) is 1.98. The topological polar surface area (TPSA) is 69.9 Å². The molecule has 4 aromatic rings. The molecular formula is C29H22BrFN2O4S. The lowest BCUT2D eigenvalue weighted by Crippen LogP contribution is -2.39.